The molecule has 1 aromatic heterocycles. The minimum Gasteiger partial charge on any atom is -0.493 e. The first-order valence-electron chi connectivity index (χ1n) is 12.0. The van der Waals surface area contributed by atoms with Crippen LogP contribution in [-0.2, 0) is 29.0 Å². The maximum atomic E-state index is 12.8. The van der Waals surface area contributed by atoms with Gasteiger partial charge in [0.1, 0.15) is 0 Å². The summed E-state index contributed by atoms with van der Waals surface area (Å²) in [4.78, 5) is 32.2. The Morgan fingerprint density at radius 2 is 1.91 bits per heavy atom. The summed E-state index contributed by atoms with van der Waals surface area (Å²) in [5.41, 5.74) is 4.93. The van der Waals surface area contributed by atoms with E-state index in [-0.39, 0.29) is 23.9 Å². The van der Waals surface area contributed by atoms with Crippen LogP contribution in [0.3, 0.4) is 0 Å². The summed E-state index contributed by atoms with van der Waals surface area (Å²) in [5.74, 6) is 1.50. The number of benzene rings is 1. The number of amides is 2. The molecule has 1 fully saturated rings. The van der Waals surface area contributed by atoms with Crippen molar-refractivity contribution in [2.75, 3.05) is 27.3 Å². The second-order valence-corrected chi connectivity index (χ2v) is 9.71. The van der Waals surface area contributed by atoms with Crippen LogP contribution < -0.4 is 20.1 Å². The van der Waals surface area contributed by atoms with Crippen molar-refractivity contribution < 1.29 is 19.1 Å². The highest BCUT2D eigenvalue weighted by Gasteiger charge is 2.35. The lowest BCUT2D eigenvalue weighted by Gasteiger charge is -2.29. The summed E-state index contributed by atoms with van der Waals surface area (Å²) < 4.78 is 11.1. The first-order valence-corrected chi connectivity index (χ1v) is 12.9. The number of nitrogens with one attached hydrogen (secondary N) is 2. The van der Waals surface area contributed by atoms with E-state index >= 15 is 0 Å². The molecule has 0 radical (unpaired) electrons. The summed E-state index contributed by atoms with van der Waals surface area (Å²) in [5, 5.41) is 8.28. The Morgan fingerprint density at radius 3 is 2.68 bits per heavy atom. The lowest BCUT2D eigenvalue weighted by atomic mass is 10.0. The second kappa shape index (κ2) is 11.7. The maximum absolute atomic E-state index is 12.8. The molecule has 9 heteroatoms. The number of fused-ring (bicyclic) bond motifs is 4. The number of carbonyl (C=O) groups is 2. The van der Waals surface area contributed by atoms with Gasteiger partial charge in [0.15, 0.2) is 11.5 Å². The van der Waals surface area contributed by atoms with Gasteiger partial charge >= 0.3 is 0 Å². The van der Waals surface area contributed by atoms with Gasteiger partial charge in [0.2, 0.25) is 11.8 Å². The van der Waals surface area contributed by atoms with Gasteiger partial charge in [0.25, 0.3) is 0 Å². The number of aryl methyl sites for hydroxylation is 2. The fraction of sp³-hybridized carbons (Fsp3) is 0.560. The average molecular weight is 487 g/mol. The van der Waals surface area contributed by atoms with Crippen molar-refractivity contribution >= 4 is 23.2 Å². The molecule has 34 heavy (non-hydrogen) atoms. The molecule has 2 N–H and O–H groups in total. The maximum Gasteiger partial charge on any atom is 0.221 e. The zero-order valence-electron chi connectivity index (χ0n) is 20.0. The summed E-state index contributed by atoms with van der Waals surface area (Å²) in [7, 11) is 3.26. The third-order valence-electron chi connectivity index (χ3n) is 6.76. The van der Waals surface area contributed by atoms with Crippen LogP contribution in [-0.4, -0.2) is 61.1 Å². The number of hydrogen-bond donors (Lipinski definition) is 2. The molecule has 3 heterocycles. The van der Waals surface area contributed by atoms with Crippen LogP contribution in [0.15, 0.2) is 23.0 Å². The van der Waals surface area contributed by atoms with Gasteiger partial charge in [-0.3, -0.25) is 14.5 Å². The number of carbonyl (C=O) groups excluding carboxylic acids is 2. The van der Waals surface area contributed by atoms with Gasteiger partial charge < -0.3 is 20.1 Å². The Labute approximate surface area is 205 Å². The Kier molecular flexibility index (Phi) is 8.39. The first kappa shape index (κ1) is 24.5. The third-order valence-corrected chi connectivity index (χ3v) is 7.39. The smallest absolute Gasteiger partial charge is 0.221 e. The van der Waals surface area contributed by atoms with Crippen molar-refractivity contribution in [1.29, 1.82) is 0 Å². The SMILES string of the molecule is COc1cc2cc(c1OC)CCCNC(=O)C[C@@H]1CC[C@H](CNC(=O)CC2)N1Cc1cscn1. The Morgan fingerprint density at radius 1 is 1.06 bits per heavy atom. The lowest BCUT2D eigenvalue weighted by Crippen LogP contribution is -2.44. The van der Waals surface area contributed by atoms with Crippen LogP contribution in [0.1, 0.15) is 48.9 Å². The van der Waals surface area contributed by atoms with Gasteiger partial charge in [-0.1, -0.05) is 6.07 Å². The van der Waals surface area contributed by atoms with E-state index < -0.39 is 0 Å². The van der Waals surface area contributed by atoms with Crippen LogP contribution in [0, 0.1) is 0 Å². The lowest BCUT2D eigenvalue weighted by molar-refractivity contribution is -0.123. The zero-order chi connectivity index (χ0) is 23.9. The standard InChI is InChI=1S/C25H34N4O4S/c1-32-22-11-17-5-8-23(30)27-13-21-7-6-20(29(21)14-19-15-34-16-28-19)12-24(31)26-9-3-4-18(10-17)25(22)33-2/h10-11,15-16,20-21H,3-9,12-14H2,1-2H3,(H,26,31)(H,27,30)/t20-,21+/m0/s1. The van der Waals surface area contributed by atoms with E-state index in [9.17, 15) is 9.59 Å². The highest BCUT2D eigenvalue weighted by atomic mass is 32.1. The van der Waals surface area contributed by atoms with E-state index in [1.807, 2.05) is 11.6 Å². The fourth-order valence-electron chi connectivity index (χ4n) is 5.02. The van der Waals surface area contributed by atoms with E-state index in [2.05, 4.69) is 32.0 Å². The number of thiazole rings is 1. The van der Waals surface area contributed by atoms with Crippen molar-refractivity contribution in [2.45, 2.75) is 63.6 Å². The van der Waals surface area contributed by atoms with E-state index in [0.717, 1.165) is 48.3 Å². The number of hydrogen-bond acceptors (Lipinski definition) is 7. The van der Waals surface area contributed by atoms with Crippen molar-refractivity contribution in [3.05, 3.63) is 39.8 Å². The normalized spacial score (nSPS) is 22.5. The van der Waals surface area contributed by atoms with Gasteiger partial charge in [-0.05, 0) is 49.3 Å². The van der Waals surface area contributed by atoms with Crippen LogP contribution in [0.4, 0.5) is 0 Å². The van der Waals surface area contributed by atoms with Gasteiger partial charge in [-0.25, -0.2) is 4.98 Å². The minimum absolute atomic E-state index is 0.0375. The van der Waals surface area contributed by atoms with Gasteiger partial charge in [0, 0.05) is 49.9 Å². The van der Waals surface area contributed by atoms with Crippen molar-refractivity contribution in [2.24, 2.45) is 0 Å². The Bertz CT molecular complexity index is 982. The van der Waals surface area contributed by atoms with Crippen molar-refractivity contribution in [3.8, 4) is 11.5 Å². The highest BCUT2D eigenvalue weighted by molar-refractivity contribution is 7.07. The predicted octanol–water partition coefficient (Wildman–Crippen LogP) is 2.69. The summed E-state index contributed by atoms with van der Waals surface area (Å²) in [6, 6.07) is 4.39. The molecule has 0 saturated carbocycles. The summed E-state index contributed by atoms with van der Waals surface area (Å²) >= 11 is 1.58. The van der Waals surface area contributed by atoms with E-state index in [1.54, 1.807) is 25.6 Å². The highest BCUT2D eigenvalue weighted by Crippen LogP contribution is 2.34. The largest absolute Gasteiger partial charge is 0.493 e. The minimum atomic E-state index is 0.0375. The van der Waals surface area contributed by atoms with Gasteiger partial charge in [-0.2, -0.15) is 0 Å². The van der Waals surface area contributed by atoms with E-state index in [4.69, 9.17) is 9.47 Å². The summed E-state index contributed by atoms with van der Waals surface area (Å²) in [6.45, 7) is 1.89. The van der Waals surface area contributed by atoms with Crippen molar-refractivity contribution in [1.82, 2.24) is 20.5 Å². The molecule has 2 aromatic rings. The molecule has 2 aliphatic rings. The number of nitrogens with zero attached hydrogens (tertiary/aromatic N) is 2. The molecule has 184 valence electrons. The number of aromatic nitrogens is 1. The van der Waals surface area contributed by atoms with Crippen LogP contribution in [0.5, 0.6) is 11.5 Å². The molecule has 4 bridgehead atoms. The fourth-order valence-corrected chi connectivity index (χ4v) is 5.57. The molecular formula is C25H34N4O4S. The molecule has 2 aliphatic heterocycles. The van der Waals surface area contributed by atoms with Crippen molar-refractivity contribution in [3.63, 3.8) is 0 Å². The number of methoxy groups -OCH3 is 2. The number of ether oxygens (including phenoxy) is 2. The molecule has 2 amide bonds. The van der Waals surface area contributed by atoms with Crippen LogP contribution >= 0.6 is 11.3 Å². The molecule has 0 aliphatic carbocycles. The van der Waals surface area contributed by atoms with E-state index in [1.165, 1.54) is 0 Å². The average Bonchev–Trinajstić information content (AvgIpc) is 3.49. The van der Waals surface area contributed by atoms with Gasteiger partial charge in [-0.15, -0.1) is 11.3 Å². The molecule has 4 rings (SSSR count). The monoisotopic (exact) mass is 486 g/mol. The Balaban J connectivity index is 1.51. The molecular weight excluding hydrogens is 452 g/mol. The molecule has 8 nitrogen and oxygen atoms in total. The molecule has 2 atom stereocenters. The molecule has 1 saturated heterocycles. The molecule has 0 spiro atoms. The quantitative estimate of drug-likeness (QED) is 0.690. The topological polar surface area (TPSA) is 92.8 Å². The van der Waals surface area contributed by atoms with Gasteiger partial charge in [0.05, 0.1) is 25.4 Å². The Hall–Kier alpha value is -2.65. The zero-order valence-corrected chi connectivity index (χ0v) is 20.8. The molecule has 1 aromatic carbocycles. The first-order chi connectivity index (χ1) is 16.6. The number of rotatable bonds is 4. The second-order valence-electron chi connectivity index (χ2n) is 8.99. The van der Waals surface area contributed by atoms with Crippen LogP contribution in [0.2, 0.25) is 0 Å². The van der Waals surface area contributed by atoms with E-state index in [0.29, 0.717) is 44.6 Å². The third kappa shape index (κ3) is 6.07. The van der Waals surface area contributed by atoms with Crippen LogP contribution in [0.25, 0.3) is 0 Å². The molecule has 0 unspecified atom stereocenters. The predicted molar refractivity (Wildman–Crippen MR) is 131 cm³/mol. The summed E-state index contributed by atoms with van der Waals surface area (Å²) in [6.07, 6.45) is 4.96.